The van der Waals surface area contributed by atoms with E-state index >= 15 is 0 Å². The smallest absolute Gasteiger partial charge is 0.281 e. The first kappa shape index (κ1) is 12.8. The third-order valence-corrected chi connectivity index (χ3v) is 3.36. The van der Waals surface area contributed by atoms with Gasteiger partial charge >= 0.3 is 0 Å². The minimum Gasteiger partial charge on any atom is -0.389 e. The molecule has 0 aliphatic carbocycles. The zero-order chi connectivity index (χ0) is 10.6. The first-order chi connectivity index (χ1) is 5.82. The fourth-order valence-corrected chi connectivity index (χ4v) is 1.64. The lowest BCUT2D eigenvalue weighted by Gasteiger charge is -2.22. The van der Waals surface area contributed by atoms with Gasteiger partial charge in [-0.15, -0.1) is 0 Å². The van der Waals surface area contributed by atoms with E-state index in [0.29, 0.717) is 0 Å². The molecule has 13 heavy (non-hydrogen) atoms. The monoisotopic (exact) mass is 214 g/mol. The Bertz CT molecular complexity index is 242. The lowest BCUT2D eigenvalue weighted by atomic mass is 10.4. The summed E-state index contributed by atoms with van der Waals surface area (Å²) in [5, 5.41) is 8.87. The number of likely N-dealkylation sites (N-methyl/N-ethyl adjacent to an activating group) is 1. The van der Waals surface area contributed by atoms with E-state index in [1.807, 2.05) is 0 Å². The van der Waals surface area contributed by atoms with Crippen LogP contribution in [0.3, 0.4) is 0 Å². The maximum Gasteiger partial charge on any atom is 0.281 e. The SMILES string of the molecule is CN(C)S(=O)(=O)N(C)CC(O)CF. The van der Waals surface area contributed by atoms with Crippen molar-refractivity contribution in [3.63, 3.8) is 0 Å². The molecule has 0 saturated heterocycles. The quantitative estimate of drug-likeness (QED) is 0.642. The van der Waals surface area contributed by atoms with Gasteiger partial charge in [-0.1, -0.05) is 0 Å². The van der Waals surface area contributed by atoms with Gasteiger partial charge in [-0.2, -0.15) is 17.0 Å². The van der Waals surface area contributed by atoms with E-state index in [4.69, 9.17) is 5.11 Å². The molecular formula is C6H15FN2O3S. The molecule has 0 aliphatic rings. The number of aliphatic hydroxyl groups excluding tert-OH is 1. The average Bonchev–Trinajstić information content (AvgIpc) is 2.03. The molecule has 80 valence electrons. The summed E-state index contributed by atoms with van der Waals surface area (Å²) >= 11 is 0. The fraction of sp³-hybridized carbons (Fsp3) is 1.00. The molecule has 7 heteroatoms. The predicted molar refractivity (Wildman–Crippen MR) is 47.2 cm³/mol. The van der Waals surface area contributed by atoms with Crippen LogP contribution in [-0.4, -0.2) is 62.6 Å². The Kier molecular flexibility index (Phi) is 4.76. The van der Waals surface area contributed by atoms with Crippen molar-refractivity contribution in [3.8, 4) is 0 Å². The Morgan fingerprint density at radius 3 is 2.15 bits per heavy atom. The highest BCUT2D eigenvalue weighted by atomic mass is 32.2. The summed E-state index contributed by atoms with van der Waals surface area (Å²) in [6.07, 6.45) is -1.26. The van der Waals surface area contributed by atoms with Crippen LogP contribution in [0, 0.1) is 0 Å². The number of alkyl halides is 1. The van der Waals surface area contributed by atoms with Crippen molar-refractivity contribution >= 4 is 10.2 Å². The number of halogens is 1. The molecule has 0 aliphatic heterocycles. The summed E-state index contributed by atoms with van der Waals surface area (Å²) in [5.74, 6) is 0. The van der Waals surface area contributed by atoms with E-state index in [0.717, 1.165) is 8.61 Å². The van der Waals surface area contributed by atoms with Gasteiger partial charge in [-0.25, -0.2) is 4.39 Å². The normalized spacial score (nSPS) is 15.3. The first-order valence-corrected chi connectivity index (χ1v) is 5.10. The minimum atomic E-state index is -3.54. The van der Waals surface area contributed by atoms with Gasteiger partial charge in [-0.05, 0) is 0 Å². The molecule has 0 fully saturated rings. The molecule has 0 aromatic carbocycles. The van der Waals surface area contributed by atoms with Gasteiger partial charge in [0.25, 0.3) is 10.2 Å². The van der Waals surface area contributed by atoms with Crippen molar-refractivity contribution in [2.45, 2.75) is 6.10 Å². The molecule has 5 nitrogen and oxygen atoms in total. The maximum absolute atomic E-state index is 11.9. The van der Waals surface area contributed by atoms with Crippen LogP contribution in [0.1, 0.15) is 0 Å². The molecule has 1 atom stereocenters. The van der Waals surface area contributed by atoms with E-state index in [-0.39, 0.29) is 6.54 Å². The summed E-state index contributed by atoms with van der Waals surface area (Å²) in [6.45, 7) is -1.19. The summed E-state index contributed by atoms with van der Waals surface area (Å²) in [7, 11) is 0.481. The lowest BCUT2D eigenvalue weighted by molar-refractivity contribution is 0.121. The fourth-order valence-electron chi connectivity index (χ4n) is 0.719. The van der Waals surface area contributed by atoms with Crippen LogP contribution in [0.25, 0.3) is 0 Å². The maximum atomic E-state index is 11.9. The Morgan fingerprint density at radius 2 is 1.85 bits per heavy atom. The van der Waals surface area contributed by atoms with Gasteiger partial charge in [0.15, 0.2) is 0 Å². The molecule has 1 N–H and O–H groups in total. The summed E-state index contributed by atoms with van der Waals surface area (Å²) < 4.78 is 36.3. The lowest BCUT2D eigenvalue weighted by Crippen LogP contribution is -2.41. The summed E-state index contributed by atoms with van der Waals surface area (Å²) in [5.41, 5.74) is 0. The van der Waals surface area contributed by atoms with Gasteiger partial charge in [-0.3, -0.25) is 0 Å². The van der Waals surface area contributed by atoms with Crippen molar-refractivity contribution in [1.82, 2.24) is 8.61 Å². The zero-order valence-electron chi connectivity index (χ0n) is 7.94. The third kappa shape index (κ3) is 3.55. The average molecular weight is 214 g/mol. The van der Waals surface area contributed by atoms with E-state index < -0.39 is 23.0 Å². The van der Waals surface area contributed by atoms with Crippen molar-refractivity contribution < 1.29 is 17.9 Å². The highest BCUT2D eigenvalue weighted by Crippen LogP contribution is 2.02. The second-order valence-corrected chi connectivity index (χ2v) is 5.13. The van der Waals surface area contributed by atoms with Gasteiger partial charge in [0.2, 0.25) is 0 Å². The largest absolute Gasteiger partial charge is 0.389 e. The van der Waals surface area contributed by atoms with E-state index in [9.17, 15) is 12.8 Å². The van der Waals surface area contributed by atoms with Gasteiger partial charge in [0.05, 0.1) is 6.10 Å². The number of rotatable bonds is 5. The predicted octanol–water partition coefficient (Wildman–Crippen LogP) is -0.945. The topological polar surface area (TPSA) is 60.9 Å². The molecule has 0 radical (unpaired) electrons. The van der Waals surface area contributed by atoms with Crippen LogP contribution >= 0.6 is 0 Å². The molecule has 0 amide bonds. The number of aliphatic hydroxyl groups is 1. The Morgan fingerprint density at radius 1 is 1.38 bits per heavy atom. The van der Waals surface area contributed by atoms with Crippen molar-refractivity contribution in [2.75, 3.05) is 34.4 Å². The standard InChI is InChI=1S/C6H15FN2O3S/c1-8(2)13(11,12)9(3)5-6(10)4-7/h6,10H,4-5H2,1-3H3. The minimum absolute atomic E-state index is 0.239. The van der Waals surface area contributed by atoms with Gasteiger partial charge in [0, 0.05) is 27.7 Å². The number of nitrogens with zero attached hydrogens (tertiary/aromatic N) is 2. The van der Waals surface area contributed by atoms with Crippen molar-refractivity contribution in [1.29, 1.82) is 0 Å². The molecule has 0 bridgehead atoms. The molecule has 0 aromatic rings. The van der Waals surface area contributed by atoms with Crippen LogP contribution < -0.4 is 0 Å². The number of hydrogen-bond acceptors (Lipinski definition) is 3. The molecule has 0 saturated carbocycles. The second kappa shape index (κ2) is 4.85. The molecule has 0 rings (SSSR count). The Labute approximate surface area is 77.9 Å². The van der Waals surface area contributed by atoms with Crippen LogP contribution in [0.2, 0.25) is 0 Å². The van der Waals surface area contributed by atoms with Gasteiger partial charge < -0.3 is 5.11 Å². The zero-order valence-corrected chi connectivity index (χ0v) is 8.75. The van der Waals surface area contributed by atoms with Crippen LogP contribution in [0.15, 0.2) is 0 Å². The van der Waals surface area contributed by atoms with Crippen molar-refractivity contribution in [3.05, 3.63) is 0 Å². The molecule has 0 heterocycles. The Hall–Kier alpha value is -0.240. The molecular weight excluding hydrogens is 199 g/mol. The van der Waals surface area contributed by atoms with Crippen LogP contribution in [-0.2, 0) is 10.2 Å². The van der Waals surface area contributed by atoms with Crippen LogP contribution in [0.4, 0.5) is 4.39 Å². The van der Waals surface area contributed by atoms with E-state index in [1.54, 1.807) is 0 Å². The van der Waals surface area contributed by atoms with E-state index in [2.05, 4.69) is 0 Å². The molecule has 0 spiro atoms. The molecule has 1 unspecified atom stereocenters. The van der Waals surface area contributed by atoms with Crippen LogP contribution in [0.5, 0.6) is 0 Å². The second-order valence-electron chi connectivity index (χ2n) is 2.88. The van der Waals surface area contributed by atoms with Gasteiger partial charge in [0.1, 0.15) is 6.67 Å². The van der Waals surface area contributed by atoms with Crippen molar-refractivity contribution in [2.24, 2.45) is 0 Å². The molecule has 0 aromatic heterocycles. The summed E-state index contributed by atoms with van der Waals surface area (Å²) in [4.78, 5) is 0. The number of hydrogen-bond donors (Lipinski definition) is 1. The summed E-state index contributed by atoms with van der Waals surface area (Å²) in [6, 6.07) is 0. The first-order valence-electron chi connectivity index (χ1n) is 3.70. The third-order valence-electron chi connectivity index (χ3n) is 1.50. The highest BCUT2D eigenvalue weighted by Gasteiger charge is 2.22. The van der Waals surface area contributed by atoms with E-state index in [1.165, 1.54) is 21.1 Å². The highest BCUT2D eigenvalue weighted by molar-refractivity contribution is 7.86. The Balaban J connectivity index is 4.35.